The standard InChI is InChI=1S/C9H10F3N3O3/c1-3-17-7(16)4-6(9(10,11)12)14-8-13-5(2)18-15-8/h4H,3H2,1-2H3,(H,14,15)/b6-4-. The average molecular weight is 265 g/mol. The van der Waals surface area contributed by atoms with Gasteiger partial charge in [0.15, 0.2) is 0 Å². The van der Waals surface area contributed by atoms with Gasteiger partial charge in [0.05, 0.1) is 12.7 Å². The van der Waals surface area contributed by atoms with E-state index in [1.807, 2.05) is 5.32 Å². The monoisotopic (exact) mass is 265 g/mol. The van der Waals surface area contributed by atoms with Crippen LogP contribution in [0.4, 0.5) is 19.1 Å². The number of anilines is 1. The average Bonchev–Trinajstić information content (AvgIpc) is 2.62. The normalized spacial score (nSPS) is 12.4. The molecule has 0 unspecified atom stereocenters. The van der Waals surface area contributed by atoms with Gasteiger partial charge in [-0.1, -0.05) is 0 Å². The zero-order valence-electron chi connectivity index (χ0n) is 9.54. The predicted molar refractivity (Wildman–Crippen MR) is 53.4 cm³/mol. The van der Waals surface area contributed by atoms with Crippen LogP contribution >= 0.6 is 0 Å². The summed E-state index contributed by atoms with van der Waals surface area (Å²) < 4.78 is 46.7. The third-order valence-electron chi connectivity index (χ3n) is 1.63. The van der Waals surface area contributed by atoms with Gasteiger partial charge < -0.3 is 14.6 Å². The zero-order chi connectivity index (χ0) is 13.8. The van der Waals surface area contributed by atoms with Gasteiger partial charge in [-0.15, -0.1) is 0 Å². The number of aryl methyl sites for hydroxylation is 1. The molecule has 0 bridgehead atoms. The maximum atomic E-state index is 12.6. The molecule has 0 aliphatic heterocycles. The Morgan fingerprint density at radius 1 is 1.56 bits per heavy atom. The number of carbonyl (C=O) groups is 1. The quantitative estimate of drug-likeness (QED) is 0.660. The van der Waals surface area contributed by atoms with Gasteiger partial charge in [0.2, 0.25) is 5.89 Å². The molecule has 1 rings (SSSR count). The Balaban J connectivity index is 2.89. The van der Waals surface area contributed by atoms with Gasteiger partial charge in [-0.3, -0.25) is 0 Å². The second kappa shape index (κ2) is 5.52. The molecule has 0 spiro atoms. The van der Waals surface area contributed by atoms with Crippen LogP contribution in [0.1, 0.15) is 12.8 Å². The number of nitrogens with zero attached hydrogens (tertiary/aromatic N) is 2. The molecule has 0 aliphatic carbocycles. The second-order valence-electron chi connectivity index (χ2n) is 3.07. The number of esters is 1. The Morgan fingerprint density at radius 2 is 2.22 bits per heavy atom. The lowest BCUT2D eigenvalue weighted by molar-refractivity contribution is -0.138. The van der Waals surface area contributed by atoms with Crippen molar-refractivity contribution in [1.82, 2.24) is 10.1 Å². The van der Waals surface area contributed by atoms with E-state index in [2.05, 4.69) is 19.4 Å². The summed E-state index contributed by atoms with van der Waals surface area (Å²) in [6.07, 6.45) is -4.48. The van der Waals surface area contributed by atoms with E-state index in [9.17, 15) is 18.0 Å². The van der Waals surface area contributed by atoms with E-state index in [1.165, 1.54) is 13.8 Å². The topological polar surface area (TPSA) is 77.2 Å². The Kier molecular flexibility index (Phi) is 4.29. The lowest BCUT2D eigenvalue weighted by atomic mass is 10.4. The molecule has 0 radical (unpaired) electrons. The lowest BCUT2D eigenvalue weighted by Crippen LogP contribution is -2.21. The number of carbonyl (C=O) groups excluding carboxylic acids is 1. The molecule has 1 aromatic rings. The first-order chi connectivity index (χ1) is 8.32. The molecule has 6 nitrogen and oxygen atoms in total. The smallest absolute Gasteiger partial charge is 0.431 e. The Labute approximate surface area is 99.8 Å². The highest BCUT2D eigenvalue weighted by Crippen LogP contribution is 2.26. The SMILES string of the molecule is CCOC(=O)/C=C(\Nc1noc(C)n1)C(F)(F)F. The number of rotatable bonds is 4. The van der Waals surface area contributed by atoms with Crippen LogP contribution in [-0.2, 0) is 9.53 Å². The van der Waals surface area contributed by atoms with E-state index in [0.29, 0.717) is 0 Å². The Morgan fingerprint density at radius 3 is 2.67 bits per heavy atom. The summed E-state index contributed by atoms with van der Waals surface area (Å²) in [6.45, 7) is 2.87. The molecule has 0 saturated carbocycles. The van der Waals surface area contributed by atoms with E-state index in [-0.39, 0.29) is 24.5 Å². The van der Waals surface area contributed by atoms with Crippen LogP contribution in [0.5, 0.6) is 0 Å². The van der Waals surface area contributed by atoms with Crippen LogP contribution in [0, 0.1) is 6.92 Å². The first-order valence-electron chi connectivity index (χ1n) is 4.86. The highest BCUT2D eigenvalue weighted by atomic mass is 19.4. The second-order valence-corrected chi connectivity index (χ2v) is 3.07. The molecule has 0 saturated heterocycles. The van der Waals surface area contributed by atoms with Crippen LogP contribution in [0.25, 0.3) is 0 Å². The number of hydrogen-bond acceptors (Lipinski definition) is 6. The molecular weight excluding hydrogens is 255 g/mol. The minimum Gasteiger partial charge on any atom is -0.463 e. The molecule has 100 valence electrons. The summed E-state index contributed by atoms with van der Waals surface area (Å²) in [5.41, 5.74) is -1.33. The van der Waals surface area contributed by atoms with Crippen molar-refractivity contribution in [2.75, 3.05) is 11.9 Å². The minimum absolute atomic E-state index is 0.0260. The number of nitrogens with one attached hydrogen (secondary N) is 1. The summed E-state index contributed by atoms with van der Waals surface area (Å²) in [5, 5.41) is 5.08. The van der Waals surface area contributed by atoms with Crippen LogP contribution < -0.4 is 5.32 Å². The highest BCUT2D eigenvalue weighted by molar-refractivity contribution is 5.83. The van der Waals surface area contributed by atoms with E-state index < -0.39 is 17.8 Å². The molecule has 0 fully saturated rings. The summed E-state index contributed by atoms with van der Waals surface area (Å²) in [5.74, 6) is -1.41. The van der Waals surface area contributed by atoms with E-state index in [0.717, 1.165) is 0 Å². The van der Waals surface area contributed by atoms with E-state index in [4.69, 9.17) is 0 Å². The Bertz CT molecular complexity index is 453. The van der Waals surface area contributed by atoms with Gasteiger partial charge in [-0.25, -0.2) is 4.79 Å². The molecule has 0 atom stereocenters. The summed E-state index contributed by atoms with van der Waals surface area (Å²) >= 11 is 0. The first kappa shape index (κ1) is 14.0. The summed E-state index contributed by atoms with van der Waals surface area (Å²) in [7, 11) is 0. The van der Waals surface area contributed by atoms with Crippen LogP contribution in [0.2, 0.25) is 0 Å². The molecule has 0 amide bonds. The number of halogens is 3. The van der Waals surface area contributed by atoms with Gasteiger partial charge in [0, 0.05) is 6.92 Å². The van der Waals surface area contributed by atoms with Crippen molar-refractivity contribution in [1.29, 1.82) is 0 Å². The zero-order valence-corrected chi connectivity index (χ0v) is 9.54. The predicted octanol–water partition coefficient (Wildman–Crippen LogP) is 1.80. The largest absolute Gasteiger partial charge is 0.463 e. The van der Waals surface area contributed by atoms with Gasteiger partial charge in [-0.2, -0.15) is 18.2 Å². The van der Waals surface area contributed by atoms with Crippen molar-refractivity contribution in [3.05, 3.63) is 17.7 Å². The molecular formula is C9H10F3N3O3. The van der Waals surface area contributed by atoms with Crippen molar-refractivity contribution in [2.24, 2.45) is 0 Å². The number of hydrogen-bond donors (Lipinski definition) is 1. The van der Waals surface area contributed by atoms with Gasteiger partial charge in [0.25, 0.3) is 5.95 Å². The van der Waals surface area contributed by atoms with Gasteiger partial charge >= 0.3 is 12.1 Å². The fraction of sp³-hybridized carbons (Fsp3) is 0.444. The fourth-order valence-corrected chi connectivity index (χ4v) is 0.961. The number of ether oxygens (including phenoxy) is 1. The molecule has 9 heteroatoms. The van der Waals surface area contributed by atoms with Crippen molar-refractivity contribution >= 4 is 11.9 Å². The van der Waals surface area contributed by atoms with Crippen molar-refractivity contribution in [3.63, 3.8) is 0 Å². The maximum Gasteiger partial charge on any atom is 0.431 e. The number of aromatic nitrogens is 2. The number of allylic oxidation sites excluding steroid dienone is 1. The summed E-state index contributed by atoms with van der Waals surface area (Å²) in [4.78, 5) is 14.5. The fourth-order valence-electron chi connectivity index (χ4n) is 0.961. The van der Waals surface area contributed by atoms with Crippen LogP contribution in [0.15, 0.2) is 16.3 Å². The molecule has 1 heterocycles. The molecule has 18 heavy (non-hydrogen) atoms. The van der Waals surface area contributed by atoms with Crippen molar-refractivity contribution in [3.8, 4) is 0 Å². The van der Waals surface area contributed by atoms with E-state index >= 15 is 0 Å². The van der Waals surface area contributed by atoms with Crippen LogP contribution in [-0.4, -0.2) is 28.9 Å². The van der Waals surface area contributed by atoms with Gasteiger partial charge in [0.1, 0.15) is 5.70 Å². The van der Waals surface area contributed by atoms with Crippen LogP contribution in [0.3, 0.4) is 0 Å². The minimum atomic E-state index is -4.76. The first-order valence-corrected chi connectivity index (χ1v) is 4.86. The Hall–Kier alpha value is -2.06. The number of alkyl halides is 3. The molecule has 0 aliphatic rings. The van der Waals surface area contributed by atoms with Crippen molar-refractivity contribution in [2.45, 2.75) is 20.0 Å². The highest BCUT2D eigenvalue weighted by Gasteiger charge is 2.35. The molecule has 1 N–H and O–H groups in total. The van der Waals surface area contributed by atoms with Crippen molar-refractivity contribution < 1.29 is 27.2 Å². The van der Waals surface area contributed by atoms with Gasteiger partial charge in [-0.05, 0) is 12.1 Å². The van der Waals surface area contributed by atoms with E-state index in [1.54, 1.807) is 0 Å². The third-order valence-corrected chi connectivity index (χ3v) is 1.63. The third kappa shape index (κ3) is 4.07. The summed E-state index contributed by atoms with van der Waals surface area (Å²) in [6, 6.07) is 0. The molecule has 0 aromatic carbocycles. The maximum absolute atomic E-state index is 12.6. The lowest BCUT2D eigenvalue weighted by Gasteiger charge is -2.11. The molecule has 1 aromatic heterocycles.